The summed E-state index contributed by atoms with van der Waals surface area (Å²) in [6, 6.07) is 8.43. The maximum Gasteiger partial charge on any atom is 0.233 e. The minimum absolute atomic E-state index is 0.0745. The number of allylic oxidation sites excluding steroid dienone is 2. The van der Waals surface area contributed by atoms with Crippen LogP contribution < -0.4 is 10.2 Å². The molecule has 1 saturated heterocycles. The molecule has 0 aromatic heterocycles. The van der Waals surface area contributed by atoms with Crippen molar-refractivity contribution in [1.82, 2.24) is 10.2 Å². The van der Waals surface area contributed by atoms with E-state index in [4.69, 9.17) is 0 Å². The van der Waals surface area contributed by atoms with E-state index in [1.807, 2.05) is 0 Å². The predicted molar refractivity (Wildman–Crippen MR) is 109 cm³/mol. The topological polar surface area (TPSA) is 69.7 Å². The first-order valence-corrected chi connectivity index (χ1v) is 10.8. The molecule has 2 aliphatic carbocycles. The standard InChI is InChI=1S/C23H27N3O3/c27-19(24-10-13-25-11-3-5-15-4-1-2-6-18(15)25)9-12-26-22(28)20-16-7-8-17(14-16)21(20)23(26)29/h1-2,4,6-8,16-17,20-21H,3,5,9-14H2,(H,24,27)/t16-,17-,20+,21+/m0/s1. The maximum atomic E-state index is 12.7. The fraction of sp³-hybridized carbons (Fsp3) is 0.522. The van der Waals surface area contributed by atoms with E-state index in [0.29, 0.717) is 6.54 Å². The van der Waals surface area contributed by atoms with E-state index < -0.39 is 0 Å². The van der Waals surface area contributed by atoms with E-state index in [0.717, 1.165) is 32.4 Å². The van der Waals surface area contributed by atoms with Gasteiger partial charge in [0, 0.05) is 38.3 Å². The van der Waals surface area contributed by atoms with Crippen LogP contribution in [-0.4, -0.2) is 48.8 Å². The van der Waals surface area contributed by atoms with Crippen LogP contribution in [0.1, 0.15) is 24.8 Å². The first kappa shape index (κ1) is 18.4. The molecule has 2 aliphatic heterocycles. The number of aryl methyl sites for hydroxylation is 1. The van der Waals surface area contributed by atoms with Crippen molar-refractivity contribution in [3.05, 3.63) is 42.0 Å². The lowest BCUT2D eigenvalue weighted by atomic mass is 9.85. The number of hydrogen-bond donors (Lipinski definition) is 1. The fourth-order valence-electron chi connectivity index (χ4n) is 5.66. The van der Waals surface area contributed by atoms with Gasteiger partial charge in [-0.25, -0.2) is 0 Å². The molecule has 1 aromatic carbocycles. The highest BCUT2D eigenvalue weighted by Crippen LogP contribution is 2.52. The molecule has 1 N–H and O–H groups in total. The van der Waals surface area contributed by atoms with Gasteiger partial charge in [-0.3, -0.25) is 19.3 Å². The normalized spacial score (nSPS) is 29.4. The summed E-state index contributed by atoms with van der Waals surface area (Å²) in [5.74, 6) is -0.182. The quantitative estimate of drug-likeness (QED) is 0.591. The molecule has 0 spiro atoms. The van der Waals surface area contributed by atoms with Crippen LogP contribution in [0, 0.1) is 23.7 Å². The van der Waals surface area contributed by atoms with Gasteiger partial charge < -0.3 is 10.2 Å². The van der Waals surface area contributed by atoms with Gasteiger partial charge in [-0.15, -0.1) is 0 Å². The zero-order valence-corrected chi connectivity index (χ0v) is 16.5. The molecule has 3 amide bonds. The Balaban J connectivity index is 1.10. The molecule has 29 heavy (non-hydrogen) atoms. The van der Waals surface area contributed by atoms with Gasteiger partial charge in [0.25, 0.3) is 0 Å². The lowest BCUT2D eigenvalue weighted by Gasteiger charge is -2.31. The van der Waals surface area contributed by atoms with Gasteiger partial charge in [0.05, 0.1) is 11.8 Å². The van der Waals surface area contributed by atoms with Crippen molar-refractivity contribution in [2.24, 2.45) is 23.7 Å². The maximum absolute atomic E-state index is 12.7. The molecule has 1 aromatic rings. The number of carbonyl (C=O) groups excluding carboxylic acids is 3. The van der Waals surface area contributed by atoms with Gasteiger partial charge in [0.1, 0.15) is 0 Å². The summed E-state index contributed by atoms with van der Waals surface area (Å²) in [7, 11) is 0. The number of nitrogens with zero attached hydrogens (tertiary/aromatic N) is 2. The van der Waals surface area contributed by atoms with Gasteiger partial charge in [-0.05, 0) is 42.7 Å². The van der Waals surface area contributed by atoms with E-state index in [1.54, 1.807) is 0 Å². The number of likely N-dealkylation sites (tertiary alicyclic amines) is 1. The number of nitrogens with one attached hydrogen (secondary N) is 1. The van der Waals surface area contributed by atoms with Crippen molar-refractivity contribution >= 4 is 23.4 Å². The van der Waals surface area contributed by atoms with E-state index >= 15 is 0 Å². The van der Waals surface area contributed by atoms with Crippen LogP contribution in [-0.2, 0) is 20.8 Å². The van der Waals surface area contributed by atoms with Crippen LogP contribution in [0.3, 0.4) is 0 Å². The zero-order chi connectivity index (χ0) is 20.0. The van der Waals surface area contributed by atoms with Gasteiger partial charge >= 0.3 is 0 Å². The Bertz CT molecular complexity index is 850. The molecule has 1 saturated carbocycles. The highest BCUT2D eigenvalue weighted by atomic mass is 16.2. The summed E-state index contributed by atoms with van der Waals surface area (Å²) in [5, 5.41) is 2.95. The lowest BCUT2D eigenvalue weighted by Crippen LogP contribution is -2.39. The summed E-state index contributed by atoms with van der Waals surface area (Å²) >= 11 is 0. The third kappa shape index (κ3) is 3.15. The van der Waals surface area contributed by atoms with Gasteiger partial charge in [0.2, 0.25) is 17.7 Å². The van der Waals surface area contributed by atoms with Crippen LogP contribution in [0.2, 0.25) is 0 Å². The van der Waals surface area contributed by atoms with Crippen molar-refractivity contribution in [2.75, 3.05) is 31.1 Å². The van der Waals surface area contributed by atoms with Crippen LogP contribution in [0.4, 0.5) is 5.69 Å². The van der Waals surface area contributed by atoms with E-state index in [1.165, 1.54) is 16.2 Å². The first-order chi connectivity index (χ1) is 14.1. The van der Waals surface area contributed by atoms with Crippen LogP contribution in [0.25, 0.3) is 0 Å². The van der Waals surface area contributed by atoms with Crippen LogP contribution >= 0.6 is 0 Å². The summed E-state index contributed by atoms with van der Waals surface area (Å²) in [5.41, 5.74) is 2.63. The number of anilines is 1. The Hall–Kier alpha value is -2.63. The molecule has 152 valence electrons. The monoisotopic (exact) mass is 393 g/mol. The number of amides is 3. The molecular formula is C23H27N3O3. The second-order valence-electron chi connectivity index (χ2n) is 8.65. The zero-order valence-electron chi connectivity index (χ0n) is 16.5. The second-order valence-corrected chi connectivity index (χ2v) is 8.65. The summed E-state index contributed by atoms with van der Waals surface area (Å²) in [4.78, 5) is 41.3. The Labute approximate surface area is 170 Å². The minimum Gasteiger partial charge on any atom is -0.370 e. The van der Waals surface area contributed by atoms with Crippen LogP contribution in [0.15, 0.2) is 36.4 Å². The number of para-hydroxylation sites is 1. The molecule has 2 fully saturated rings. The molecule has 4 atom stereocenters. The summed E-state index contributed by atoms with van der Waals surface area (Å²) in [6.07, 6.45) is 7.52. The van der Waals surface area contributed by atoms with E-state index in [2.05, 4.69) is 46.6 Å². The average molecular weight is 393 g/mol. The highest BCUT2D eigenvalue weighted by Gasteiger charge is 2.58. The van der Waals surface area contributed by atoms with Crippen molar-refractivity contribution in [1.29, 1.82) is 0 Å². The Kier molecular flexibility index (Phi) is 4.64. The Morgan fingerprint density at radius 2 is 1.76 bits per heavy atom. The SMILES string of the molecule is O=C(CCN1C(=O)[C@H]2[C@H](C1=O)[C@H]1C=C[C@H]2C1)NCCN1CCCc2ccccc21. The largest absolute Gasteiger partial charge is 0.370 e. The molecule has 6 heteroatoms. The van der Waals surface area contributed by atoms with Crippen molar-refractivity contribution < 1.29 is 14.4 Å². The van der Waals surface area contributed by atoms with Crippen molar-refractivity contribution in [3.8, 4) is 0 Å². The fourth-order valence-corrected chi connectivity index (χ4v) is 5.66. The van der Waals surface area contributed by atoms with Gasteiger partial charge in [-0.1, -0.05) is 30.4 Å². The summed E-state index contributed by atoms with van der Waals surface area (Å²) in [6.45, 7) is 2.53. The molecule has 4 aliphatic rings. The van der Waals surface area contributed by atoms with Crippen molar-refractivity contribution in [2.45, 2.75) is 25.7 Å². The number of rotatable bonds is 6. The molecule has 5 rings (SSSR count). The highest BCUT2D eigenvalue weighted by molar-refractivity contribution is 6.06. The first-order valence-electron chi connectivity index (χ1n) is 10.8. The molecule has 0 radical (unpaired) electrons. The van der Waals surface area contributed by atoms with E-state index in [9.17, 15) is 14.4 Å². The van der Waals surface area contributed by atoms with Gasteiger partial charge in [0.15, 0.2) is 0 Å². The third-order valence-corrected chi connectivity index (χ3v) is 7.03. The second kappa shape index (κ2) is 7.32. The number of carbonyl (C=O) groups is 3. The molecule has 6 nitrogen and oxygen atoms in total. The Morgan fingerprint density at radius 3 is 2.52 bits per heavy atom. The Morgan fingerprint density at radius 1 is 1.03 bits per heavy atom. The van der Waals surface area contributed by atoms with Crippen molar-refractivity contribution in [3.63, 3.8) is 0 Å². The predicted octanol–water partition coefficient (Wildman–Crippen LogP) is 1.75. The third-order valence-electron chi connectivity index (χ3n) is 7.03. The number of benzene rings is 1. The smallest absolute Gasteiger partial charge is 0.233 e. The lowest BCUT2D eigenvalue weighted by molar-refractivity contribution is -0.141. The molecule has 2 heterocycles. The van der Waals surface area contributed by atoms with E-state index in [-0.39, 0.29) is 54.4 Å². The number of fused-ring (bicyclic) bond motifs is 6. The molecule has 2 bridgehead atoms. The molecule has 0 unspecified atom stereocenters. The molecular weight excluding hydrogens is 366 g/mol. The minimum atomic E-state index is -0.181. The van der Waals surface area contributed by atoms with Crippen LogP contribution in [0.5, 0.6) is 0 Å². The number of hydrogen-bond acceptors (Lipinski definition) is 4. The number of imide groups is 1. The average Bonchev–Trinajstić information content (AvgIpc) is 3.41. The summed E-state index contributed by atoms with van der Waals surface area (Å²) < 4.78 is 0. The van der Waals surface area contributed by atoms with Gasteiger partial charge in [-0.2, -0.15) is 0 Å².